The van der Waals surface area contributed by atoms with E-state index in [1.165, 1.54) is 23.9 Å². The van der Waals surface area contributed by atoms with Crippen LogP contribution in [0.2, 0.25) is 0 Å². The maximum absolute atomic E-state index is 12.7. The molecule has 0 fully saturated rings. The van der Waals surface area contributed by atoms with Crippen molar-refractivity contribution in [1.29, 1.82) is 0 Å². The minimum absolute atomic E-state index is 0.288. The van der Waals surface area contributed by atoms with Crippen LogP contribution in [0.25, 0.3) is 0 Å². The van der Waals surface area contributed by atoms with E-state index in [1.54, 1.807) is 23.5 Å². The second-order valence-corrected chi connectivity index (χ2v) is 5.76. The number of aryl methyl sites for hydroxylation is 1. The molecule has 0 amide bonds. The quantitative estimate of drug-likeness (QED) is 0.863. The fourth-order valence-electron chi connectivity index (χ4n) is 1.33. The molecule has 90 valence electrons. The summed E-state index contributed by atoms with van der Waals surface area (Å²) in [4.78, 5) is 4.30. The van der Waals surface area contributed by atoms with Crippen LogP contribution in [0.5, 0.6) is 0 Å². The molecule has 0 aliphatic heterocycles. The smallest absolute Gasteiger partial charge is 0.150 e. The topological polar surface area (TPSA) is 33.1 Å². The first kappa shape index (κ1) is 12.5. The van der Waals surface area contributed by atoms with Crippen LogP contribution in [0, 0.1) is 12.7 Å². The highest BCUT2D eigenvalue weighted by Crippen LogP contribution is 2.27. The van der Waals surface area contributed by atoms with Gasteiger partial charge in [-0.1, -0.05) is 23.9 Å². The van der Waals surface area contributed by atoms with Crippen LogP contribution in [0.4, 0.5) is 4.39 Å². The Morgan fingerprint density at radius 2 is 2.12 bits per heavy atom. The van der Waals surface area contributed by atoms with Crippen molar-refractivity contribution in [3.05, 3.63) is 46.7 Å². The number of thioether (sulfide) groups is 1. The van der Waals surface area contributed by atoms with Crippen LogP contribution in [-0.2, 0) is 0 Å². The van der Waals surface area contributed by atoms with Gasteiger partial charge in [0.1, 0.15) is 10.2 Å². The first-order chi connectivity index (χ1) is 8.15. The highest BCUT2D eigenvalue weighted by atomic mass is 32.2. The lowest BCUT2D eigenvalue weighted by Gasteiger charge is -2.09. The second kappa shape index (κ2) is 5.62. The summed E-state index contributed by atoms with van der Waals surface area (Å²) in [6.45, 7) is 1.94. The van der Waals surface area contributed by atoms with E-state index in [2.05, 4.69) is 4.98 Å². The van der Waals surface area contributed by atoms with E-state index in [0.717, 1.165) is 15.6 Å². The lowest BCUT2D eigenvalue weighted by Crippen LogP contribution is -2.00. The lowest BCUT2D eigenvalue weighted by atomic mass is 10.1. The van der Waals surface area contributed by atoms with Crippen LogP contribution < -0.4 is 0 Å². The monoisotopic (exact) mass is 269 g/mol. The van der Waals surface area contributed by atoms with Gasteiger partial charge in [0, 0.05) is 16.8 Å². The summed E-state index contributed by atoms with van der Waals surface area (Å²) >= 11 is 3.08. The Bertz CT molecular complexity index is 484. The van der Waals surface area contributed by atoms with Crippen molar-refractivity contribution in [2.75, 3.05) is 5.75 Å². The molecule has 2 rings (SSSR count). The first-order valence-corrected chi connectivity index (χ1v) is 7.00. The van der Waals surface area contributed by atoms with E-state index in [0.29, 0.717) is 5.75 Å². The summed E-state index contributed by atoms with van der Waals surface area (Å²) in [5, 5.41) is 11.9. The molecular weight excluding hydrogens is 257 g/mol. The third kappa shape index (κ3) is 3.52. The van der Waals surface area contributed by atoms with E-state index < -0.39 is 6.10 Å². The zero-order chi connectivity index (χ0) is 12.3. The van der Waals surface area contributed by atoms with Gasteiger partial charge in [-0.15, -0.1) is 11.3 Å². The standard InChI is InChI=1S/C12H12FNOS2/c1-8-6-16-12(14-8)17-7-11(15)9-2-4-10(13)5-3-9/h2-6,11,15H,7H2,1H3/t11-/m1/s1. The van der Waals surface area contributed by atoms with Crippen LogP contribution in [0.3, 0.4) is 0 Å². The summed E-state index contributed by atoms with van der Waals surface area (Å²) in [6.07, 6.45) is -0.593. The average molecular weight is 269 g/mol. The molecule has 0 radical (unpaired) electrons. The molecule has 0 aliphatic carbocycles. The maximum Gasteiger partial charge on any atom is 0.150 e. The van der Waals surface area contributed by atoms with Gasteiger partial charge >= 0.3 is 0 Å². The Balaban J connectivity index is 1.93. The van der Waals surface area contributed by atoms with Crippen molar-refractivity contribution in [3.63, 3.8) is 0 Å². The molecule has 0 saturated carbocycles. The van der Waals surface area contributed by atoms with Crippen molar-refractivity contribution in [1.82, 2.24) is 4.98 Å². The fourth-order valence-corrected chi connectivity index (χ4v) is 3.17. The molecule has 5 heteroatoms. The SMILES string of the molecule is Cc1csc(SC[C@@H](O)c2ccc(F)cc2)n1. The molecule has 1 aromatic carbocycles. The van der Waals surface area contributed by atoms with Crippen molar-refractivity contribution in [2.24, 2.45) is 0 Å². The van der Waals surface area contributed by atoms with Gasteiger partial charge in [-0.25, -0.2) is 9.37 Å². The normalized spacial score (nSPS) is 12.6. The zero-order valence-electron chi connectivity index (χ0n) is 9.26. The van der Waals surface area contributed by atoms with Crippen molar-refractivity contribution in [2.45, 2.75) is 17.4 Å². The predicted octanol–water partition coefficient (Wildman–Crippen LogP) is 3.42. The number of aromatic nitrogens is 1. The summed E-state index contributed by atoms with van der Waals surface area (Å²) in [5.74, 6) is 0.239. The van der Waals surface area contributed by atoms with Crippen LogP contribution in [0.1, 0.15) is 17.4 Å². The van der Waals surface area contributed by atoms with Gasteiger partial charge in [-0.05, 0) is 24.6 Å². The number of nitrogens with zero attached hydrogens (tertiary/aromatic N) is 1. The van der Waals surface area contributed by atoms with E-state index >= 15 is 0 Å². The van der Waals surface area contributed by atoms with Crippen LogP contribution in [0.15, 0.2) is 34.0 Å². The Morgan fingerprint density at radius 1 is 1.41 bits per heavy atom. The van der Waals surface area contributed by atoms with Gasteiger partial charge in [-0.2, -0.15) is 0 Å². The Morgan fingerprint density at radius 3 is 2.71 bits per heavy atom. The molecule has 0 unspecified atom stereocenters. The predicted molar refractivity (Wildman–Crippen MR) is 68.9 cm³/mol. The molecule has 2 aromatic rings. The average Bonchev–Trinajstić information content (AvgIpc) is 2.73. The number of aliphatic hydroxyl groups is 1. The fraction of sp³-hybridized carbons (Fsp3) is 0.250. The molecular formula is C12H12FNOS2. The minimum atomic E-state index is -0.593. The number of hydrogen-bond donors (Lipinski definition) is 1. The van der Waals surface area contributed by atoms with E-state index in [1.807, 2.05) is 12.3 Å². The lowest BCUT2D eigenvalue weighted by molar-refractivity contribution is 0.204. The molecule has 17 heavy (non-hydrogen) atoms. The number of hydrogen-bond acceptors (Lipinski definition) is 4. The Labute approximate surface area is 108 Å². The van der Waals surface area contributed by atoms with E-state index in [-0.39, 0.29) is 5.82 Å². The second-order valence-electron chi connectivity index (χ2n) is 3.63. The van der Waals surface area contributed by atoms with Crippen molar-refractivity contribution in [3.8, 4) is 0 Å². The Hall–Kier alpha value is -0.910. The van der Waals surface area contributed by atoms with Crippen molar-refractivity contribution < 1.29 is 9.50 Å². The number of benzene rings is 1. The molecule has 0 aliphatic rings. The molecule has 0 spiro atoms. The van der Waals surface area contributed by atoms with Gasteiger partial charge in [0.15, 0.2) is 0 Å². The molecule has 1 N–H and O–H groups in total. The maximum atomic E-state index is 12.7. The van der Waals surface area contributed by atoms with Crippen LogP contribution in [-0.4, -0.2) is 15.8 Å². The number of thiazole rings is 1. The zero-order valence-corrected chi connectivity index (χ0v) is 10.9. The Kier molecular flexibility index (Phi) is 4.15. The molecule has 1 atom stereocenters. The highest BCUT2D eigenvalue weighted by molar-refractivity contribution is 8.01. The van der Waals surface area contributed by atoms with Gasteiger partial charge in [0.05, 0.1) is 6.10 Å². The van der Waals surface area contributed by atoms with Gasteiger partial charge < -0.3 is 5.11 Å². The third-order valence-corrected chi connectivity index (χ3v) is 4.43. The molecule has 1 aromatic heterocycles. The summed E-state index contributed by atoms with van der Waals surface area (Å²) in [6, 6.07) is 5.93. The number of aliphatic hydroxyl groups excluding tert-OH is 1. The van der Waals surface area contributed by atoms with E-state index in [4.69, 9.17) is 0 Å². The largest absolute Gasteiger partial charge is 0.388 e. The minimum Gasteiger partial charge on any atom is -0.388 e. The highest BCUT2D eigenvalue weighted by Gasteiger charge is 2.09. The van der Waals surface area contributed by atoms with Crippen LogP contribution >= 0.6 is 23.1 Å². The summed E-state index contributed by atoms with van der Waals surface area (Å²) in [5.41, 5.74) is 1.72. The van der Waals surface area contributed by atoms with Gasteiger partial charge in [-0.3, -0.25) is 0 Å². The van der Waals surface area contributed by atoms with Gasteiger partial charge in [0.25, 0.3) is 0 Å². The van der Waals surface area contributed by atoms with Crippen molar-refractivity contribution >= 4 is 23.1 Å². The summed E-state index contributed by atoms with van der Waals surface area (Å²) in [7, 11) is 0. The molecule has 0 saturated heterocycles. The summed E-state index contributed by atoms with van der Waals surface area (Å²) < 4.78 is 13.7. The van der Waals surface area contributed by atoms with Gasteiger partial charge in [0.2, 0.25) is 0 Å². The third-order valence-electron chi connectivity index (χ3n) is 2.22. The van der Waals surface area contributed by atoms with E-state index in [9.17, 15) is 9.50 Å². The first-order valence-electron chi connectivity index (χ1n) is 5.13. The molecule has 2 nitrogen and oxygen atoms in total. The molecule has 1 heterocycles. The number of rotatable bonds is 4. The number of halogens is 1. The molecule has 0 bridgehead atoms.